The van der Waals surface area contributed by atoms with Crippen molar-refractivity contribution in [3.63, 3.8) is 0 Å². The van der Waals surface area contributed by atoms with Gasteiger partial charge in [0.25, 0.3) is 0 Å². The van der Waals surface area contributed by atoms with E-state index in [-0.39, 0.29) is 24.5 Å². The van der Waals surface area contributed by atoms with E-state index in [1.807, 2.05) is 0 Å². The molecule has 0 aliphatic carbocycles. The van der Waals surface area contributed by atoms with E-state index in [0.717, 1.165) is 0 Å². The number of nitrogens with two attached hydrogens (primary N) is 1. The Kier molecular flexibility index (Phi) is 3.27. The van der Waals surface area contributed by atoms with Crippen LogP contribution in [0, 0.1) is 5.82 Å². The van der Waals surface area contributed by atoms with Crippen LogP contribution in [0.2, 0.25) is 0 Å². The fraction of sp³-hybridized carbons (Fsp3) is 0.167. The number of carboxylic acids is 1. The second-order valence-corrected chi connectivity index (χ2v) is 3.87. The smallest absolute Gasteiger partial charge is 0.303 e. The van der Waals surface area contributed by atoms with Crippen molar-refractivity contribution < 1.29 is 14.3 Å². The maximum absolute atomic E-state index is 13.2. The zero-order valence-electron chi connectivity index (χ0n) is 9.48. The number of anilines is 1. The molecule has 1 aromatic carbocycles. The molecule has 1 aromatic heterocycles. The van der Waals surface area contributed by atoms with Crippen LogP contribution in [0.4, 0.5) is 10.2 Å². The summed E-state index contributed by atoms with van der Waals surface area (Å²) in [5.41, 5.74) is 7.47. The highest BCUT2D eigenvalue weighted by Gasteiger charge is 2.14. The van der Waals surface area contributed by atoms with Crippen molar-refractivity contribution in [3.05, 3.63) is 35.8 Å². The number of nitrogens with zero attached hydrogens (tertiary/aromatic N) is 1. The van der Waals surface area contributed by atoms with Crippen molar-refractivity contribution in [2.24, 2.45) is 0 Å². The molecule has 18 heavy (non-hydrogen) atoms. The van der Waals surface area contributed by atoms with Crippen molar-refractivity contribution in [1.29, 1.82) is 0 Å². The van der Waals surface area contributed by atoms with Crippen molar-refractivity contribution in [2.75, 3.05) is 5.73 Å². The molecule has 0 atom stereocenters. The van der Waals surface area contributed by atoms with Crippen LogP contribution in [-0.4, -0.2) is 21.3 Å². The summed E-state index contributed by atoms with van der Waals surface area (Å²) in [6.07, 6.45) is 0.231. The summed E-state index contributed by atoms with van der Waals surface area (Å²) in [7, 11) is 0. The highest BCUT2D eigenvalue weighted by molar-refractivity contribution is 5.77. The van der Waals surface area contributed by atoms with E-state index in [1.165, 1.54) is 12.1 Å². The average Bonchev–Trinajstić information content (AvgIpc) is 2.68. The molecule has 0 fully saturated rings. The van der Waals surface area contributed by atoms with Crippen LogP contribution in [-0.2, 0) is 11.2 Å². The fourth-order valence-corrected chi connectivity index (χ4v) is 1.77. The fourth-order valence-electron chi connectivity index (χ4n) is 1.77. The van der Waals surface area contributed by atoms with Gasteiger partial charge < -0.3 is 10.8 Å². The van der Waals surface area contributed by atoms with Gasteiger partial charge in [0.1, 0.15) is 5.82 Å². The number of H-pyrrole nitrogens is 1. The summed E-state index contributed by atoms with van der Waals surface area (Å²) in [5.74, 6) is -1.05. The maximum atomic E-state index is 13.2. The number of rotatable bonds is 4. The number of aromatic nitrogens is 2. The van der Waals surface area contributed by atoms with Crippen molar-refractivity contribution in [1.82, 2.24) is 10.2 Å². The number of benzene rings is 1. The molecule has 2 rings (SSSR count). The van der Waals surface area contributed by atoms with Gasteiger partial charge in [0.15, 0.2) is 5.82 Å². The predicted molar refractivity (Wildman–Crippen MR) is 64.4 cm³/mol. The van der Waals surface area contributed by atoms with E-state index in [4.69, 9.17) is 10.8 Å². The van der Waals surface area contributed by atoms with E-state index in [9.17, 15) is 9.18 Å². The highest BCUT2D eigenvalue weighted by atomic mass is 19.1. The third kappa shape index (κ3) is 2.48. The summed E-state index contributed by atoms with van der Waals surface area (Å²) in [6.45, 7) is 0. The number of nitrogens with one attached hydrogen (secondary N) is 1. The molecule has 0 aliphatic heterocycles. The van der Waals surface area contributed by atoms with Gasteiger partial charge >= 0.3 is 5.97 Å². The first-order valence-electron chi connectivity index (χ1n) is 5.38. The van der Waals surface area contributed by atoms with Crippen LogP contribution in [0.3, 0.4) is 0 Å². The summed E-state index contributed by atoms with van der Waals surface area (Å²) in [4.78, 5) is 10.6. The molecule has 5 nitrogen and oxygen atoms in total. The van der Waals surface area contributed by atoms with Gasteiger partial charge in [0, 0.05) is 17.7 Å². The minimum atomic E-state index is -0.909. The molecule has 0 spiro atoms. The van der Waals surface area contributed by atoms with Crippen LogP contribution in [0.25, 0.3) is 11.1 Å². The van der Waals surface area contributed by atoms with E-state index in [1.54, 1.807) is 12.1 Å². The number of hydrogen-bond donors (Lipinski definition) is 3. The third-order valence-electron chi connectivity index (χ3n) is 2.57. The van der Waals surface area contributed by atoms with Crippen molar-refractivity contribution in [2.45, 2.75) is 12.8 Å². The van der Waals surface area contributed by atoms with Crippen molar-refractivity contribution >= 4 is 11.8 Å². The van der Waals surface area contributed by atoms with E-state index in [0.29, 0.717) is 16.8 Å². The molecule has 0 bridgehead atoms. The highest BCUT2D eigenvalue weighted by Crippen LogP contribution is 2.29. The minimum absolute atomic E-state index is 0.0377. The summed E-state index contributed by atoms with van der Waals surface area (Å²) >= 11 is 0. The van der Waals surface area contributed by atoms with Crippen LogP contribution >= 0.6 is 0 Å². The Bertz CT molecular complexity index is 580. The van der Waals surface area contributed by atoms with Crippen LogP contribution in [0.1, 0.15) is 12.1 Å². The number of aryl methyl sites for hydroxylation is 1. The van der Waals surface area contributed by atoms with Gasteiger partial charge in [-0.3, -0.25) is 9.89 Å². The second-order valence-electron chi connectivity index (χ2n) is 3.87. The number of aromatic amines is 1. The first-order valence-corrected chi connectivity index (χ1v) is 5.38. The number of halogens is 1. The van der Waals surface area contributed by atoms with Gasteiger partial charge in [-0.1, -0.05) is 12.1 Å². The summed E-state index contributed by atoms with van der Waals surface area (Å²) < 4.78 is 13.2. The van der Waals surface area contributed by atoms with Gasteiger partial charge in [-0.2, -0.15) is 5.10 Å². The molecule has 4 N–H and O–H groups in total. The topological polar surface area (TPSA) is 92.0 Å². The molecular formula is C12H12FN3O2. The first kappa shape index (κ1) is 12.1. The quantitative estimate of drug-likeness (QED) is 0.770. The van der Waals surface area contributed by atoms with Crippen LogP contribution in [0.15, 0.2) is 24.3 Å². The number of hydrogen-bond acceptors (Lipinski definition) is 3. The lowest BCUT2D eigenvalue weighted by Gasteiger charge is -2.03. The molecule has 0 amide bonds. The molecule has 2 aromatic rings. The zero-order chi connectivity index (χ0) is 13.1. The van der Waals surface area contributed by atoms with Gasteiger partial charge in [-0.15, -0.1) is 0 Å². The van der Waals surface area contributed by atoms with Crippen LogP contribution < -0.4 is 5.73 Å². The van der Waals surface area contributed by atoms with E-state index in [2.05, 4.69) is 10.2 Å². The molecule has 6 heteroatoms. The van der Waals surface area contributed by atoms with Gasteiger partial charge in [-0.05, 0) is 17.7 Å². The van der Waals surface area contributed by atoms with Gasteiger partial charge in [0.05, 0.1) is 6.42 Å². The largest absolute Gasteiger partial charge is 0.481 e. The number of carboxylic acid groups (broad SMARTS) is 1. The monoisotopic (exact) mass is 249 g/mol. The maximum Gasteiger partial charge on any atom is 0.303 e. The Labute approximate surface area is 102 Å². The van der Waals surface area contributed by atoms with Gasteiger partial charge in [0.2, 0.25) is 0 Å². The Morgan fingerprint density at radius 3 is 2.94 bits per heavy atom. The Hall–Kier alpha value is -2.37. The zero-order valence-corrected chi connectivity index (χ0v) is 9.48. The standard InChI is InChI=1S/C12H12FN3O2/c13-8-3-1-2-7(6-8)11-9(4-5-10(17)18)15-16-12(11)14/h1-3,6H,4-5H2,(H,17,18)(H3,14,15,16). The molecule has 94 valence electrons. The van der Waals surface area contributed by atoms with E-state index >= 15 is 0 Å². The predicted octanol–water partition coefficient (Wildman–Crippen LogP) is 1.82. The molecular weight excluding hydrogens is 237 g/mol. The Morgan fingerprint density at radius 2 is 2.28 bits per heavy atom. The van der Waals surface area contributed by atoms with Crippen molar-refractivity contribution in [3.8, 4) is 11.1 Å². The lowest BCUT2D eigenvalue weighted by molar-refractivity contribution is -0.136. The van der Waals surface area contributed by atoms with Gasteiger partial charge in [-0.25, -0.2) is 4.39 Å². The normalized spacial score (nSPS) is 10.5. The lowest BCUT2D eigenvalue weighted by atomic mass is 10.0. The number of aliphatic carboxylic acids is 1. The number of nitrogen functional groups attached to an aromatic ring is 1. The Balaban J connectivity index is 2.37. The molecule has 1 heterocycles. The molecule has 0 unspecified atom stereocenters. The number of carbonyl (C=O) groups is 1. The minimum Gasteiger partial charge on any atom is -0.481 e. The third-order valence-corrected chi connectivity index (χ3v) is 2.57. The molecule has 0 saturated carbocycles. The van der Waals surface area contributed by atoms with E-state index < -0.39 is 5.97 Å². The molecule has 0 saturated heterocycles. The SMILES string of the molecule is Nc1n[nH]c(CCC(=O)O)c1-c1cccc(F)c1. The Morgan fingerprint density at radius 1 is 1.50 bits per heavy atom. The second kappa shape index (κ2) is 4.87. The molecule has 0 radical (unpaired) electrons. The average molecular weight is 249 g/mol. The molecule has 0 aliphatic rings. The lowest BCUT2D eigenvalue weighted by Crippen LogP contribution is -1.99. The van der Waals surface area contributed by atoms with Crippen LogP contribution in [0.5, 0.6) is 0 Å². The summed E-state index contributed by atoms with van der Waals surface area (Å²) in [5, 5.41) is 15.2. The first-order chi connectivity index (χ1) is 8.58. The summed E-state index contributed by atoms with van der Waals surface area (Å²) in [6, 6.07) is 5.94.